The van der Waals surface area contributed by atoms with Gasteiger partial charge in [-0.2, -0.15) is 0 Å². The van der Waals surface area contributed by atoms with Crippen molar-refractivity contribution in [1.29, 1.82) is 0 Å². The lowest BCUT2D eigenvalue weighted by Crippen LogP contribution is -2.18. The van der Waals surface area contributed by atoms with E-state index >= 15 is 0 Å². The second-order valence-corrected chi connectivity index (χ2v) is 9.73. The van der Waals surface area contributed by atoms with E-state index in [2.05, 4.69) is 74.4 Å². The molecule has 0 aliphatic carbocycles. The van der Waals surface area contributed by atoms with Crippen LogP contribution in [-0.4, -0.2) is 16.6 Å². The van der Waals surface area contributed by atoms with Gasteiger partial charge in [-0.1, -0.05) is 45.0 Å². The molecule has 33 heavy (non-hydrogen) atoms. The molecule has 0 atom stereocenters. The summed E-state index contributed by atoms with van der Waals surface area (Å²) in [5.41, 5.74) is 8.49. The van der Waals surface area contributed by atoms with E-state index in [1.807, 2.05) is 25.4 Å². The van der Waals surface area contributed by atoms with Crippen LogP contribution in [0.15, 0.2) is 60.8 Å². The van der Waals surface area contributed by atoms with Crippen molar-refractivity contribution in [2.24, 2.45) is 0 Å². The lowest BCUT2D eigenvalue weighted by molar-refractivity contribution is 0.590. The minimum atomic E-state index is -0.222. The van der Waals surface area contributed by atoms with Crippen LogP contribution in [0.3, 0.4) is 0 Å². The third-order valence-electron chi connectivity index (χ3n) is 6.44. The molecule has 2 heterocycles. The maximum absolute atomic E-state index is 13.3. The number of hydrogen-bond acceptors (Lipinski definition) is 2. The molecule has 2 aromatic heterocycles. The fourth-order valence-corrected chi connectivity index (χ4v) is 4.28. The van der Waals surface area contributed by atoms with Crippen LogP contribution in [-0.2, 0) is 18.5 Å². The Balaban J connectivity index is 0.00000306. The molecule has 0 spiro atoms. The lowest BCUT2D eigenvalue weighted by atomic mass is 9.87. The number of aryl methyl sites for hydroxylation is 1. The summed E-state index contributed by atoms with van der Waals surface area (Å²) in [5.74, 6) is -0.222. The molecular weight excluding hydrogens is 433 g/mol. The van der Waals surface area contributed by atoms with E-state index in [9.17, 15) is 4.39 Å². The highest BCUT2D eigenvalue weighted by molar-refractivity contribution is 5.87. The smallest absolute Gasteiger partial charge is 0.123 e. The van der Waals surface area contributed by atoms with Gasteiger partial charge in [-0.3, -0.25) is 4.98 Å². The molecule has 4 aromatic rings. The number of pyridine rings is 1. The van der Waals surface area contributed by atoms with Crippen molar-refractivity contribution in [3.8, 4) is 0 Å². The van der Waals surface area contributed by atoms with E-state index in [0.717, 1.165) is 17.9 Å². The van der Waals surface area contributed by atoms with Crippen LogP contribution in [0.25, 0.3) is 10.9 Å². The number of aromatic nitrogens is 2. The van der Waals surface area contributed by atoms with Crippen LogP contribution in [0, 0.1) is 19.7 Å². The maximum atomic E-state index is 13.3. The van der Waals surface area contributed by atoms with Gasteiger partial charge in [0, 0.05) is 36.6 Å². The third kappa shape index (κ3) is 5.06. The molecule has 0 saturated heterocycles. The van der Waals surface area contributed by atoms with Crippen LogP contribution in [0.5, 0.6) is 0 Å². The largest absolute Gasteiger partial charge is 0.369 e. The van der Waals surface area contributed by atoms with Crippen LogP contribution in [0.2, 0.25) is 0 Å². The number of halogens is 2. The first-order valence-corrected chi connectivity index (χ1v) is 11.1. The molecule has 0 unspecified atom stereocenters. The van der Waals surface area contributed by atoms with Crippen molar-refractivity contribution in [2.75, 3.05) is 11.9 Å². The van der Waals surface area contributed by atoms with Gasteiger partial charge in [0.15, 0.2) is 0 Å². The van der Waals surface area contributed by atoms with Crippen LogP contribution in [0.4, 0.5) is 10.1 Å². The van der Waals surface area contributed by atoms with E-state index in [-0.39, 0.29) is 23.6 Å². The summed E-state index contributed by atoms with van der Waals surface area (Å²) in [5, 5.41) is 1.24. The highest BCUT2D eigenvalue weighted by atomic mass is 35.5. The Morgan fingerprint density at radius 2 is 1.58 bits per heavy atom. The third-order valence-corrected chi connectivity index (χ3v) is 6.44. The van der Waals surface area contributed by atoms with Crippen LogP contribution in [0.1, 0.15) is 48.8 Å². The Bertz CT molecular complexity index is 1240. The van der Waals surface area contributed by atoms with Gasteiger partial charge in [0.2, 0.25) is 0 Å². The molecule has 174 valence electrons. The Hall–Kier alpha value is -2.85. The highest BCUT2D eigenvalue weighted by Crippen LogP contribution is 2.30. The quantitative estimate of drug-likeness (QED) is 0.311. The number of anilines is 1. The summed E-state index contributed by atoms with van der Waals surface area (Å²) in [4.78, 5) is 6.87. The zero-order chi connectivity index (χ0) is 23.0. The molecule has 4 rings (SSSR count). The molecule has 0 saturated carbocycles. The standard InChI is InChI=1S/C28H32FN3.ClH/c1-19-20(2)32(17-21-7-9-22(10-8-21)28(3,4)5)27-25(19)15-16-30-26(27)18-31(6)24-13-11-23(29)12-14-24;/h7-16H,17-18H2,1-6H3;1H. The molecule has 0 aliphatic rings. The first kappa shape index (κ1) is 24.8. The number of fused-ring (bicyclic) bond motifs is 1. The van der Waals surface area contributed by atoms with Gasteiger partial charge in [0.25, 0.3) is 0 Å². The Morgan fingerprint density at radius 3 is 2.18 bits per heavy atom. The van der Waals surface area contributed by atoms with E-state index < -0.39 is 0 Å². The molecule has 0 N–H and O–H groups in total. The average molecular weight is 466 g/mol. The molecule has 0 bridgehead atoms. The van der Waals surface area contributed by atoms with Gasteiger partial charge in [-0.05, 0) is 66.3 Å². The number of rotatable bonds is 5. The van der Waals surface area contributed by atoms with Gasteiger partial charge >= 0.3 is 0 Å². The Kier molecular flexibility index (Phi) is 7.18. The van der Waals surface area contributed by atoms with Gasteiger partial charge in [0.1, 0.15) is 5.82 Å². The van der Waals surface area contributed by atoms with Gasteiger partial charge in [0.05, 0.1) is 17.8 Å². The fraction of sp³-hybridized carbons (Fsp3) is 0.321. The van der Waals surface area contributed by atoms with Crippen LogP contribution >= 0.6 is 12.4 Å². The molecule has 0 amide bonds. The summed E-state index contributed by atoms with van der Waals surface area (Å²) < 4.78 is 15.7. The lowest BCUT2D eigenvalue weighted by Gasteiger charge is -2.21. The topological polar surface area (TPSA) is 21.1 Å². The Labute approximate surface area is 202 Å². The predicted molar refractivity (Wildman–Crippen MR) is 139 cm³/mol. The summed E-state index contributed by atoms with van der Waals surface area (Å²) in [6.45, 7) is 12.5. The van der Waals surface area contributed by atoms with Gasteiger partial charge < -0.3 is 9.47 Å². The molecule has 0 fully saturated rings. The minimum Gasteiger partial charge on any atom is -0.369 e. The second-order valence-electron chi connectivity index (χ2n) is 9.73. The number of hydrogen-bond donors (Lipinski definition) is 0. The molecule has 0 radical (unpaired) electrons. The van der Waals surface area contributed by atoms with Gasteiger partial charge in [-0.15, -0.1) is 12.4 Å². The minimum absolute atomic E-state index is 0. The van der Waals surface area contributed by atoms with E-state index in [4.69, 9.17) is 4.98 Å². The van der Waals surface area contributed by atoms with Crippen LogP contribution < -0.4 is 4.90 Å². The van der Waals surface area contributed by atoms with E-state index in [0.29, 0.717) is 6.54 Å². The fourth-order valence-electron chi connectivity index (χ4n) is 4.28. The summed E-state index contributed by atoms with van der Waals surface area (Å²) >= 11 is 0. The van der Waals surface area contributed by atoms with Crippen molar-refractivity contribution in [2.45, 2.75) is 53.1 Å². The van der Waals surface area contributed by atoms with Crippen molar-refractivity contribution in [3.05, 3.63) is 94.7 Å². The van der Waals surface area contributed by atoms with Gasteiger partial charge in [-0.25, -0.2) is 4.39 Å². The molecular formula is C28H33ClFN3. The Morgan fingerprint density at radius 1 is 0.939 bits per heavy atom. The van der Waals surface area contributed by atoms with Crippen molar-refractivity contribution in [3.63, 3.8) is 0 Å². The molecule has 0 aliphatic heterocycles. The first-order valence-electron chi connectivity index (χ1n) is 11.1. The molecule has 2 aromatic carbocycles. The molecule has 3 nitrogen and oxygen atoms in total. The van der Waals surface area contributed by atoms with E-state index in [1.165, 1.54) is 45.4 Å². The highest BCUT2D eigenvalue weighted by Gasteiger charge is 2.18. The van der Waals surface area contributed by atoms with Crippen molar-refractivity contribution < 1.29 is 4.39 Å². The summed E-state index contributed by atoms with van der Waals surface area (Å²) in [7, 11) is 2.02. The zero-order valence-electron chi connectivity index (χ0n) is 20.3. The summed E-state index contributed by atoms with van der Waals surface area (Å²) in [6.07, 6.45) is 1.89. The first-order chi connectivity index (χ1) is 15.1. The maximum Gasteiger partial charge on any atom is 0.123 e. The number of benzene rings is 2. The van der Waals surface area contributed by atoms with Crippen molar-refractivity contribution >= 4 is 29.0 Å². The predicted octanol–water partition coefficient (Wildman–Crippen LogP) is 7.20. The SMILES string of the molecule is Cc1c(C)n(Cc2ccc(C(C)(C)C)cc2)c2c(CN(C)c3ccc(F)cc3)nccc12.Cl. The van der Waals surface area contributed by atoms with E-state index in [1.54, 1.807) is 0 Å². The second kappa shape index (κ2) is 9.56. The monoisotopic (exact) mass is 465 g/mol. The summed E-state index contributed by atoms with van der Waals surface area (Å²) in [6, 6.07) is 17.7. The van der Waals surface area contributed by atoms with Crippen molar-refractivity contribution in [1.82, 2.24) is 9.55 Å². The average Bonchev–Trinajstić information content (AvgIpc) is 3.00. The zero-order valence-corrected chi connectivity index (χ0v) is 21.1. The number of nitrogens with zero attached hydrogens (tertiary/aromatic N) is 3. The molecule has 5 heteroatoms. The normalized spacial score (nSPS) is 11.5.